The van der Waals surface area contributed by atoms with Gasteiger partial charge >= 0.3 is 0 Å². The first-order chi connectivity index (χ1) is 15.1. The summed E-state index contributed by atoms with van der Waals surface area (Å²) in [5.41, 5.74) is 1.29. The van der Waals surface area contributed by atoms with E-state index in [1.807, 2.05) is 12.1 Å². The molecule has 31 heavy (non-hydrogen) atoms. The van der Waals surface area contributed by atoms with E-state index in [0.29, 0.717) is 17.0 Å². The van der Waals surface area contributed by atoms with Crippen LogP contribution in [0.3, 0.4) is 0 Å². The zero-order valence-electron chi connectivity index (χ0n) is 19.6. The molecule has 172 valence electrons. The minimum atomic E-state index is -0.540. The van der Waals surface area contributed by atoms with Crippen LogP contribution in [0, 0.1) is 35.3 Å². The van der Waals surface area contributed by atoms with Gasteiger partial charge in [-0.15, -0.1) is 6.58 Å². The Balaban J connectivity index is 1.34. The van der Waals surface area contributed by atoms with Crippen LogP contribution in [0.5, 0.6) is 0 Å². The first kappa shape index (κ1) is 23.0. The largest absolute Gasteiger partial charge is 0.203 e. The molecule has 0 aromatic heterocycles. The number of benzene rings is 1. The van der Waals surface area contributed by atoms with E-state index >= 15 is 8.78 Å². The van der Waals surface area contributed by atoms with Gasteiger partial charge in [0.25, 0.3) is 0 Å². The highest BCUT2D eigenvalue weighted by atomic mass is 19.2. The summed E-state index contributed by atoms with van der Waals surface area (Å²) < 4.78 is 30.3. The summed E-state index contributed by atoms with van der Waals surface area (Å²) in [6, 6.07) is 3.87. The number of hydrogen-bond donors (Lipinski definition) is 0. The molecule has 4 rings (SSSR count). The van der Waals surface area contributed by atoms with Gasteiger partial charge < -0.3 is 0 Å². The van der Waals surface area contributed by atoms with Gasteiger partial charge in [-0.2, -0.15) is 0 Å². The van der Waals surface area contributed by atoms with E-state index in [4.69, 9.17) is 0 Å². The van der Waals surface area contributed by atoms with Gasteiger partial charge in [0, 0.05) is 0 Å². The fourth-order valence-electron chi connectivity index (χ4n) is 7.13. The van der Waals surface area contributed by atoms with Gasteiger partial charge in [-0.25, -0.2) is 8.78 Å². The molecule has 3 saturated carbocycles. The van der Waals surface area contributed by atoms with Gasteiger partial charge in [-0.3, -0.25) is 0 Å². The zero-order chi connectivity index (χ0) is 21.8. The lowest BCUT2D eigenvalue weighted by atomic mass is 9.68. The van der Waals surface area contributed by atoms with Crippen molar-refractivity contribution in [3.8, 4) is 0 Å². The van der Waals surface area contributed by atoms with Gasteiger partial charge in [-0.05, 0) is 124 Å². The second-order valence-corrected chi connectivity index (χ2v) is 10.9. The van der Waals surface area contributed by atoms with E-state index in [1.54, 1.807) is 0 Å². The monoisotopic (exact) mass is 428 g/mol. The van der Waals surface area contributed by atoms with Gasteiger partial charge in [0.2, 0.25) is 0 Å². The molecular formula is C29H42F2. The third-order valence-electron chi connectivity index (χ3n) is 9.15. The molecule has 0 atom stereocenters. The third kappa shape index (κ3) is 5.25. The van der Waals surface area contributed by atoms with Crippen molar-refractivity contribution in [3.05, 3.63) is 47.5 Å². The minimum Gasteiger partial charge on any atom is -0.203 e. The molecule has 0 spiro atoms. The Bertz CT molecular complexity index is 714. The van der Waals surface area contributed by atoms with Crippen molar-refractivity contribution in [2.45, 2.75) is 109 Å². The van der Waals surface area contributed by atoms with E-state index < -0.39 is 11.6 Å². The molecule has 0 aliphatic heterocycles. The maximum Gasteiger partial charge on any atom is 0.162 e. The van der Waals surface area contributed by atoms with E-state index in [1.165, 1.54) is 64.2 Å². The molecule has 3 aliphatic carbocycles. The average molecular weight is 429 g/mol. The normalized spacial score (nSPS) is 34.4. The molecule has 3 aliphatic rings. The molecule has 0 heterocycles. The van der Waals surface area contributed by atoms with E-state index in [0.717, 1.165) is 43.4 Å². The zero-order valence-corrected chi connectivity index (χ0v) is 19.6. The molecule has 1 aromatic rings. The SMILES string of the molecule is C=CC1CCC(C2CCC(c3ccc(C4CCC(CCC)CC4)c(F)c3F)CC2)CC1. The van der Waals surface area contributed by atoms with Gasteiger partial charge in [-0.1, -0.05) is 38.0 Å². The van der Waals surface area contributed by atoms with Crippen molar-refractivity contribution in [1.29, 1.82) is 0 Å². The molecule has 2 heteroatoms. The van der Waals surface area contributed by atoms with Crippen molar-refractivity contribution in [2.75, 3.05) is 0 Å². The highest BCUT2D eigenvalue weighted by Gasteiger charge is 2.33. The Morgan fingerprint density at radius 2 is 1.19 bits per heavy atom. The highest BCUT2D eigenvalue weighted by Crippen LogP contribution is 2.45. The molecule has 0 saturated heterocycles. The van der Waals surface area contributed by atoms with Crippen molar-refractivity contribution >= 4 is 0 Å². The number of allylic oxidation sites excluding steroid dienone is 1. The van der Waals surface area contributed by atoms with Gasteiger partial charge in [0.05, 0.1) is 0 Å². The van der Waals surface area contributed by atoms with Crippen LogP contribution in [0.4, 0.5) is 8.78 Å². The molecule has 0 N–H and O–H groups in total. The predicted octanol–water partition coefficient (Wildman–Crippen LogP) is 9.30. The smallest absolute Gasteiger partial charge is 0.162 e. The van der Waals surface area contributed by atoms with Crippen LogP contribution in [0.25, 0.3) is 0 Å². The van der Waals surface area contributed by atoms with Crippen LogP contribution < -0.4 is 0 Å². The first-order valence-electron chi connectivity index (χ1n) is 13.2. The Hall–Kier alpha value is -1.18. The molecule has 0 radical (unpaired) electrons. The topological polar surface area (TPSA) is 0 Å². The quantitative estimate of drug-likeness (QED) is 0.396. The van der Waals surface area contributed by atoms with Gasteiger partial charge in [0.15, 0.2) is 11.6 Å². The lowest BCUT2D eigenvalue weighted by molar-refractivity contribution is 0.170. The summed E-state index contributed by atoms with van der Waals surface area (Å²) in [5, 5.41) is 0. The van der Waals surface area contributed by atoms with Crippen molar-refractivity contribution in [2.24, 2.45) is 23.7 Å². The average Bonchev–Trinajstić information content (AvgIpc) is 2.82. The maximum atomic E-state index is 15.1. The Morgan fingerprint density at radius 3 is 1.65 bits per heavy atom. The number of halogens is 2. The summed E-state index contributed by atoms with van der Waals surface area (Å²) in [7, 11) is 0. The van der Waals surface area contributed by atoms with E-state index in [-0.39, 0.29) is 11.8 Å². The summed E-state index contributed by atoms with van der Waals surface area (Å²) in [6.07, 6.45) is 18.6. The second kappa shape index (κ2) is 10.6. The summed E-state index contributed by atoms with van der Waals surface area (Å²) in [4.78, 5) is 0. The third-order valence-corrected chi connectivity index (χ3v) is 9.15. The standard InChI is InChI=1S/C29H42F2/c1-3-5-21-8-12-24(13-9-21)26-18-19-27(29(31)28(26)30)25-16-14-23(15-17-25)22-10-6-20(4-2)7-11-22/h4,18-25H,2-3,5-17H2,1H3. The van der Waals surface area contributed by atoms with Crippen molar-refractivity contribution in [1.82, 2.24) is 0 Å². The Labute approximate surface area is 188 Å². The molecular weight excluding hydrogens is 386 g/mol. The van der Waals surface area contributed by atoms with Crippen molar-refractivity contribution < 1.29 is 8.78 Å². The lowest BCUT2D eigenvalue weighted by Crippen LogP contribution is -2.25. The van der Waals surface area contributed by atoms with Crippen LogP contribution in [-0.2, 0) is 0 Å². The molecule has 0 nitrogen and oxygen atoms in total. The van der Waals surface area contributed by atoms with Crippen LogP contribution in [0.2, 0.25) is 0 Å². The summed E-state index contributed by atoms with van der Waals surface area (Å²) >= 11 is 0. The van der Waals surface area contributed by atoms with Crippen LogP contribution in [-0.4, -0.2) is 0 Å². The van der Waals surface area contributed by atoms with Gasteiger partial charge in [0.1, 0.15) is 0 Å². The molecule has 0 bridgehead atoms. The molecule has 0 unspecified atom stereocenters. The van der Waals surface area contributed by atoms with Crippen LogP contribution in [0.1, 0.15) is 120 Å². The first-order valence-corrected chi connectivity index (χ1v) is 13.2. The van der Waals surface area contributed by atoms with Crippen molar-refractivity contribution in [3.63, 3.8) is 0 Å². The molecule has 1 aromatic carbocycles. The summed E-state index contributed by atoms with van der Waals surface area (Å²) in [5.74, 6) is 2.45. The number of hydrogen-bond acceptors (Lipinski definition) is 0. The highest BCUT2D eigenvalue weighted by molar-refractivity contribution is 5.32. The molecule has 3 fully saturated rings. The fourth-order valence-corrected chi connectivity index (χ4v) is 7.13. The fraction of sp³-hybridized carbons (Fsp3) is 0.724. The second-order valence-electron chi connectivity index (χ2n) is 10.9. The Kier molecular flexibility index (Phi) is 7.88. The van der Waals surface area contributed by atoms with Crippen LogP contribution >= 0.6 is 0 Å². The Morgan fingerprint density at radius 1 is 0.742 bits per heavy atom. The maximum absolute atomic E-state index is 15.1. The molecule has 0 amide bonds. The van der Waals surface area contributed by atoms with Crippen LogP contribution in [0.15, 0.2) is 24.8 Å². The lowest BCUT2D eigenvalue weighted by Gasteiger charge is -2.37. The van der Waals surface area contributed by atoms with E-state index in [9.17, 15) is 0 Å². The number of rotatable bonds is 6. The summed E-state index contributed by atoms with van der Waals surface area (Å²) in [6.45, 7) is 6.20. The predicted molar refractivity (Wildman–Crippen MR) is 126 cm³/mol. The van der Waals surface area contributed by atoms with E-state index in [2.05, 4.69) is 19.6 Å². The minimum absolute atomic E-state index is 0.199.